The highest BCUT2D eigenvalue weighted by atomic mass is 16.6. The van der Waals surface area contributed by atoms with Crippen molar-refractivity contribution in [2.75, 3.05) is 20.3 Å². The molecule has 5 nitrogen and oxygen atoms in total. The summed E-state index contributed by atoms with van der Waals surface area (Å²) in [5.74, 6) is 0.352. The number of hydrogen-bond acceptors (Lipinski definition) is 4. The van der Waals surface area contributed by atoms with Crippen LogP contribution in [0.2, 0.25) is 0 Å². The van der Waals surface area contributed by atoms with Crippen molar-refractivity contribution in [2.45, 2.75) is 30.8 Å². The summed E-state index contributed by atoms with van der Waals surface area (Å²) in [6.45, 7) is 1.22. The van der Waals surface area contributed by atoms with E-state index in [0.29, 0.717) is 37.6 Å². The van der Waals surface area contributed by atoms with E-state index in [0.717, 1.165) is 12.0 Å². The molecule has 0 spiro atoms. The first kappa shape index (κ1) is 13.2. The molecule has 1 saturated carbocycles. The summed E-state index contributed by atoms with van der Waals surface area (Å²) in [6, 6.07) is 5.44. The summed E-state index contributed by atoms with van der Waals surface area (Å²) in [5, 5.41) is 9.49. The molecule has 1 aliphatic heterocycles. The average molecular weight is 278 g/mol. The van der Waals surface area contributed by atoms with Gasteiger partial charge in [0.2, 0.25) is 0 Å². The first-order chi connectivity index (χ1) is 9.67. The highest BCUT2D eigenvalue weighted by molar-refractivity contribution is 5.86. The van der Waals surface area contributed by atoms with E-state index in [9.17, 15) is 9.90 Å². The monoisotopic (exact) mass is 278 g/mol. The maximum atomic E-state index is 11.6. The Labute approximate surface area is 117 Å². The number of methoxy groups -OCH3 is 1. The van der Waals surface area contributed by atoms with Gasteiger partial charge in [0.05, 0.1) is 25.7 Å². The van der Waals surface area contributed by atoms with Crippen LogP contribution in [-0.2, 0) is 14.9 Å². The number of para-hydroxylation sites is 1. The topological polar surface area (TPSA) is 65.0 Å². The molecule has 2 aliphatic rings. The zero-order chi connectivity index (χ0) is 14.2. The van der Waals surface area contributed by atoms with Crippen molar-refractivity contribution in [3.63, 3.8) is 0 Å². The Morgan fingerprint density at radius 3 is 2.80 bits per heavy atom. The number of benzene rings is 1. The molecule has 0 aromatic heterocycles. The molecule has 3 rings (SSSR count). The van der Waals surface area contributed by atoms with Crippen LogP contribution in [0.15, 0.2) is 18.2 Å². The number of ether oxygens (including phenoxy) is 3. The van der Waals surface area contributed by atoms with Crippen LogP contribution in [0.1, 0.15) is 24.8 Å². The van der Waals surface area contributed by atoms with Gasteiger partial charge < -0.3 is 19.3 Å². The van der Waals surface area contributed by atoms with E-state index in [-0.39, 0.29) is 6.10 Å². The molecule has 1 aliphatic carbocycles. The molecule has 2 fully saturated rings. The third kappa shape index (κ3) is 2.12. The Bertz CT molecular complexity index is 515. The molecule has 5 heteroatoms. The van der Waals surface area contributed by atoms with Gasteiger partial charge in [0, 0.05) is 12.0 Å². The Hall–Kier alpha value is -1.75. The largest absolute Gasteiger partial charge is 0.493 e. The predicted octanol–water partition coefficient (Wildman–Crippen LogP) is 1.98. The minimum Gasteiger partial charge on any atom is -0.493 e. The highest BCUT2D eigenvalue weighted by Crippen LogP contribution is 2.53. The summed E-state index contributed by atoms with van der Waals surface area (Å²) in [6.07, 6.45) is 2.08. The number of carbonyl (C=O) groups is 1. The van der Waals surface area contributed by atoms with Crippen LogP contribution in [0.25, 0.3) is 0 Å². The van der Waals surface area contributed by atoms with Gasteiger partial charge in [-0.1, -0.05) is 12.1 Å². The van der Waals surface area contributed by atoms with Crippen LogP contribution < -0.4 is 9.47 Å². The zero-order valence-electron chi connectivity index (χ0n) is 11.4. The number of carboxylic acids is 1. The molecule has 0 amide bonds. The van der Waals surface area contributed by atoms with Crippen LogP contribution >= 0.6 is 0 Å². The van der Waals surface area contributed by atoms with E-state index in [1.54, 1.807) is 13.2 Å². The van der Waals surface area contributed by atoms with Crippen molar-refractivity contribution < 1.29 is 24.1 Å². The van der Waals surface area contributed by atoms with Gasteiger partial charge in [-0.15, -0.1) is 0 Å². The van der Waals surface area contributed by atoms with E-state index in [1.807, 2.05) is 12.1 Å². The second-order valence-corrected chi connectivity index (χ2v) is 5.33. The van der Waals surface area contributed by atoms with Crippen LogP contribution in [-0.4, -0.2) is 37.5 Å². The third-order valence-electron chi connectivity index (χ3n) is 4.05. The minimum atomic E-state index is -0.802. The summed E-state index contributed by atoms with van der Waals surface area (Å²) in [5.41, 5.74) is -0.0835. The molecule has 1 atom stereocenters. The van der Waals surface area contributed by atoms with Gasteiger partial charge in [-0.2, -0.15) is 0 Å². The van der Waals surface area contributed by atoms with Crippen molar-refractivity contribution >= 4 is 5.97 Å². The maximum absolute atomic E-state index is 11.6. The molecule has 1 N–H and O–H groups in total. The maximum Gasteiger partial charge on any atom is 0.314 e. The van der Waals surface area contributed by atoms with Gasteiger partial charge in [0.15, 0.2) is 11.5 Å². The summed E-state index contributed by atoms with van der Waals surface area (Å²) >= 11 is 0. The van der Waals surface area contributed by atoms with E-state index in [4.69, 9.17) is 14.2 Å². The van der Waals surface area contributed by atoms with E-state index in [2.05, 4.69) is 0 Å². The Morgan fingerprint density at radius 2 is 2.25 bits per heavy atom. The van der Waals surface area contributed by atoms with Gasteiger partial charge in [-0.25, -0.2) is 0 Å². The first-order valence-electron chi connectivity index (χ1n) is 6.82. The van der Waals surface area contributed by atoms with E-state index < -0.39 is 11.4 Å². The number of hydrogen-bond donors (Lipinski definition) is 1. The van der Waals surface area contributed by atoms with Crippen molar-refractivity contribution in [2.24, 2.45) is 0 Å². The van der Waals surface area contributed by atoms with E-state index in [1.165, 1.54) is 0 Å². The van der Waals surface area contributed by atoms with Gasteiger partial charge >= 0.3 is 5.97 Å². The van der Waals surface area contributed by atoms with Crippen molar-refractivity contribution in [3.8, 4) is 11.5 Å². The fourth-order valence-corrected chi connectivity index (χ4v) is 2.67. The molecule has 1 unspecified atom stereocenters. The van der Waals surface area contributed by atoms with Gasteiger partial charge in [-0.05, 0) is 18.9 Å². The van der Waals surface area contributed by atoms with Crippen LogP contribution in [0, 0.1) is 0 Å². The molecule has 1 aromatic carbocycles. The number of rotatable bonds is 5. The molecule has 1 heterocycles. The van der Waals surface area contributed by atoms with Gasteiger partial charge in [0.1, 0.15) is 6.10 Å². The Balaban J connectivity index is 1.98. The zero-order valence-corrected chi connectivity index (χ0v) is 11.4. The number of aliphatic carboxylic acids is 1. The van der Waals surface area contributed by atoms with Crippen molar-refractivity contribution in [1.82, 2.24) is 0 Å². The molecular weight excluding hydrogens is 260 g/mol. The smallest absolute Gasteiger partial charge is 0.314 e. The molecule has 0 radical (unpaired) electrons. The second kappa shape index (κ2) is 4.98. The lowest BCUT2D eigenvalue weighted by atomic mass is 9.94. The highest BCUT2D eigenvalue weighted by Gasteiger charge is 2.54. The fraction of sp³-hybridized carbons (Fsp3) is 0.533. The summed E-state index contributed by atoms with van der Waals surface area (Å²) < 4.78 is 16.6. The average Bonchev–Trinajstić information content (AvgIpc) is 3.11. The fourth-order valence-electron chi connectivity index (χ4n) is 2.67. The SMILES string of the molecule is COc1cccc(C2(C(=O)O)CC2)c1OC1CCOC1. The molecule has 20 heavy (non-hydrogen) atoms. The lowest BCUT2D eigenvalue weighted by molar-refractivity contribution is -0.140. The lowest BCUT2D eigenvalue weighted by Crippen LogP contribution is -2.23. The van der Waals surface area contributed by atoms with Gasteiger partial charge in [-0.3, -0.25) is 4.79 Å². The molecule has 1 aromatic rings. The lowest BCUT2D eigenvalue weighted by Gasteiger charge is -2.21. The molecule has 0 bridgehead atoms. The van der Waals surface area contributed by atoms with Crippen LogP contribution in [0.4, 0.5) is 0 Å². The van der Waals surface area contributed by atoms with Crippen LogP contribution in [0.3, 0.4) is 0 Å². The normalized spacial score (nSPS) is 23.4. The van der Waals surface area contributed by atoms with Gasteiger partial charge in [0.25, 0.3) is 0 Å². The number of carboxylic acid groups (broad SMARTS) is 1. The van der Waals surface area contributed by atoms with E-state index >= 15 is 0 Å². The first-order valence-corrected chi connectivity index (χ1v) is 6.82. The van der Waals surface area contributed by atoms with Crippen LogP contribution in [0.5, 0.6) is 11.5 Å². The Morgan fingerprint density at radius 1 is 1.45 bits per heavy atom. The summed E-state index contributed by atoms with van der Waals surface area (Å²) in [7, 11) is 1.57. The second-order valence-electron chi connectivity index (χ2n) is 5.33. The molecular formula is C15H18O5. The molecule has 108 valence electrons. The predicted molar refractivity (Wildman–Crippen MR) is 71.4 cm³/mol. The standard InChI is InChI=1S/C15H18O5/c1-18-12-4-2-3-11(15(6-7-15)14(16)17)13(12)20-10-5-8-19-9-10/h2-4,10H,5-9H2,1H3,(H,16,17). The van der Waals surface area contributed by atoms with Crippen molar-refractivity contribution in [1.29, 1.82) is 0 Å². The molecule has 1 saturated heterocycles. The minimum absolute atomic E-state index is 0.0327. The Kier molecular flexibility index (Phi) is 3.30. The third-order valence-corrected chi connectivity index (χ3v) is 4.05. The quantitative estimate of drug-likeness (QED) is 0.892. The summed E-state index contributed by atoms with van der Waals surface area (Å²) in [4.78, 5) is 11.6. The van der Waals surface area contributed by atoms with Crippen molar-refractivity contribution in [3.05, 3.63) is 23.8 Å².